The van der Waals surface area contributed by atoms with Crippen LogP contribution in [0.3, 0.4) is 0 Å². The van der Waals surface area contributed by atoms with Crippen molar-refractivity contribution < 1.29 is 18.0 Å². The first-order valence-electron chi connectivity index (χ1n) is 6.19. The molecule has 0 saturated carbocycles. The summed E-state index contributed by atoms with van der Waals surface area (Å²) in [6.45, 7) is -0.00832. The molecule has 2 aliphatic rings. The molecule has 1 unspecified atom stereocenters. The minimum atomic E-state index is -3.86. The maximum atomic E-state index is 12.5. The second-order valence-electron chi connectivity index (χ2n) is 4.97. The molecule has 1 aromatic heterocycles. The molecule has 10 heteroatoms. The number of nitrogen functional groups attached to an aromatic ring is 1. The second-order valence-corrected chi connectivity index (χ2v) is 6.87. The van der Waals surface area contributed by atoms with Gasteiger partial charge in [0.2, 0.25) is 10.0 Å². The van der Waals surface area contributed by atoms with Gasteiger partial charge in [-0.15, -0.1) is 0 Å². The van der Waals surface area contributed by atoms with Crippen molar-refractivity contribution >= 4 is 27.8 Å². The van der Waals surface area contributed by atoms with Crippen LogP contribution in [-0.2, 0) is 14.8 Å². The number of aromatic nitrogens is 1. The zero-order chi connectivity index (χ0) is 15.3. The van der Waals surface area contributed by atoms with Crippen LogP contribution in [0.15, 0.2) is 23.2 Å². The van der Waals surface area contributed by atoms with Gasteiger partial charge in [0.15, 0.2) is 0 Å². The Morgan fingerprint density at radius 2 is 2.14 bits per heavy atom. The molecule has 0 bridgehead atoms. The molecular formula is C11H13N5O4S. The minimum Gasteiger partial charge on any atom is -0.383 e. The number of imide groups is 1. The lowest BCUT2D eigenvalue weighted by Crippen LogP contribution is -2.49. The highest BCUT2D eigenvalue weighted by molar-refractivity contribution is 7.89. The van der Waals surface area contributed by atoms with Crippen LogP contribution in [0.1, 0.15) is 6.42 Å². The molecule has 0 aromatic carbocycles. The summed E-state index contributed by atoms with van der Waals surface area (Å²) in [5.41, 5.74) is 4.41. The largest absolute Gasteiger partial charge is 0.383 e. The summed E-state index contributed by atoms with van der Waals surface area (Å²) in [5, 5.41) is 4.62. The number of sulfonamides is 1. The average molecular weight is 311 g/mol. The maximum Gasteiger partial charge on any atom is 0.322 e. The van der Waals surface area contributed by atoms with E-state index in [1.165, 1.54) is 18.3 Å². The Kier molecular flexibility index (Phi) is 2.88. The fraction of sp³-hybridized carbons (Fsp3) is 0.364. The number of carbonyl (C=O) groups excluding carboxylic acids is 2. The number of rotatable bonds is 2. The van der Waals surface area contributed by atoms with Crippen LogP contribution in [0.4, 0.5) is 10.6 Å². The van der Waals surface area contributed by atoms with Crippen LogP contribution in [0.5, 0.6) is 0 Å². The van der Waals surface area contributed by atoms with E-state index in [0.717, 1.165) is 4.31 Å². The van der Waals surface area contributed by atoms with Gasteiger partial charge in [0.1, 0.15) is 16.3 Å². The van der Waals surface area contributed by atoms with Crippen LogP contribution < -0.4 is 16.4 Å². The summed E-state index contributed by atoms with van der Waals surface area (Å²) in [4.78, 5) is 26.7. The van der Waals surface area contributed by atoms with Crippen molar-refractivity contribution in [1.82, 2.24) is 19.9 Å². The lowest BCUT2D eigenvalue weighted by molar-refractivity contribution is -0.123. The molecule has 0 radical (unpaired) electrons. The fourth-order valence-corrected chi connectivity index (χ4v) is 4.12. The van der Waals surface area contributed by atoms with Crippen molar-refractivity contribution in [2.45, 2.75) is 16.9 Å². The van der Waals surface area contributed by atoms with Crippen molar-refractivity contribution in [3.63, 3.8) is 0 Å². The Morgan fingerprint density at radius 3 is 2.76 bits per heavy atom. The summed E-state index contributed by atoms with van der Waals surface area (Å²) < 4.78 is 26.2. The van der Waals surface area contributed by atoms with E-state index in [0.29, 0.717) is 0 Å². The van der Waals surface area contributed by atoms with Crippen molar-refractivity contribution in [3.05, 3.63) is 18.3 Å². The van der Waals surface area contributed by atoms with Gasteiger partial charge in [0, 0.05) is 19.3 Å². The van der Waals surface area contributed by atoms with Gasteiger partial charge in [-0.3, -0.25) is 10.1 Å². The fourth-order valence-electron chi connectivity index (χ4n) is 2.56. The molecule has 1 atom stereocenters. The molecule has 2 fully saturated rings. The lowest BCUT2D eigenvalue weighted by atomic mass is 10.00. The van der Waals surface area contributed by atoms with Gasteiger partial charge in [0.25, 0.3) is 5.91 Å². The molecular weight excluding hydrogens is 298 g/mol. The summed E-state index contributed by atoms with van der Waals surface area (Å²) in [6.07, 6.45) is 1.61. The lowest BCUT2D eigenvalue weighted by Gasteiger charge is -2.21. The molecule has 9 nitrogen and oxygen atoms in total. The number of hydrogen-bond donors (Lipinski definition) is 3. The quantitative estimate of drug-likeness (QED) is 0.577. The topological polar surface area (TPSA) is 134 Å². The Hall–Kier alpha value is -2.20. The van der Waals surface area contributed by atoms with Gasteiger partial charge >= 0.3 is 6.03 Å². The van der Waals surface area contributed by atoms with Gasteiger partial charge in [0.05, 0.1) is 0 Å². The van der Waals surface area contributed by atoms with Gasteiger partial charge < -0.3 is 11.1 Å². The SMILES string of the molecule is Nc1ncccc1S(=O)(=O)N1CCC2(C1)NC(=O)NC2=O. The standard InChI is InChI=1S/C11H13N5O4S/c12-8-7(2-1-4-13-8)21(19,20)16-5-3-11(6-16)9(17)14-10(18)15-11/h1-2,4H,3,5-6H2,(H2,12,13)(H2,14,15,17,18). The Balaban J connectivity index is 1.92. The number of hydrogen-bond acceptors (Lipinski definition) is 6. The van der Waals surface area contributed by atoms with Crippen molar-refractivity contribution in [3.8, 4) is 0 Å². The number of nitrogens with one attached hydrogen (secondary N) is 2. The first-order chi connectivity index (χ1) is 9.85. The molecule has 3 amide bonds. The first kappa shape index (κ1) is 13.8. The van der Waals surface area contributed by atoms with Crippen LogP contribution in [0.25, 0.3) is 0 Å². The zero-order valence-electron chi connectivity index (χ0n) is 10.9. The van der Waals surface area contributed by atoms with E-state index in [4.69, 9.17) is 5.73 Å². The number of nitrogens with two attached hydrogens (primary N) is 1. The van der Waals surface area contributed by atoms with E-state index in [2.05, 4.69) is 15.6 Å². The van der Waals surface area contributed by atoms with Crippen molar-refractivity contribution in [2.75, 3.05) is 18.8 Å². The zero-order valence-corrected chi connectivity index (χ0v) is 11.7. The van der Waals surface area contributed by atoms with E-state index >= 15 is 0 Å². The van der Waals surface area contributed by atoms with Crippen molar-refractivity contribution in [2.24, 2.45) is 0 Å². The third kappa shape index (κ3) is 2.03. The molecule has 112 valence electrons. The predicted molar refractivity (Wildman–Crippen MR) is 71.4 cm³/mol. The van der Waals surface area contributed by atoms with E-state index in [-0.39, 0.29) is 30.2 Å². The highest BCUT2D eigenvalue weighted by atomic mass is 32.2. The Morgan fingerprint density at radius 1 is 1.38 bits per heavy atom. The summed E-state index contributed by atoms with van der Waals surface area (Å²) in [6, 6.07) is 2.22. The third-order valence-electron chi connectivity index (χ3n) is 3.67. The van der Waals surface area contributed by atoms with Gasteiger partial charge in [-0.1, -0.05) is 0 Å². The Bertz CT molecular complexity index is 734. The van der Waals surface area contributed by atoms with Crippen LogP contribution in [-0.4, -0.2) is 48.3 Å². The molecule has 2 saturated heterocycles. The molecule has 1 aromatic rings. The summed E-state index contributed by atoms with van der Waals surface area (Å²) in [7, 11) is -3.86. The average Bonchev–Trinajstić information content (AvgIpc) is 2.95. The molecule has 0 aliphatic carbocycles. The Labute approximate surface area is 120 Å². The molecule has 4 N–H and O–H groups in total. The number of carbonyl (C=O) groups is 2. The van der Waals surface area contributed by atoms with E-state index in [1.54, 1.807) is 0 Å². The van der Waals surface area contributed by atoms with Crippen molar-refractivity contribution in [1.29, 1.82) is 0 Å². The third-order valence-corrected chi connectivity index (χ3v) is 5.56. The first-order valence-corrected chi connectivity index (χ1v) is 7.63. The van der Waals surface area contributed by atoms with Crippen LogP contribution in [0, 0.1) is 0 Å². The molecule has 3 rings (SSSR count). The maximum absolute atomic E-state index is 12.5. The molecule has 21 heavy (non-hydrogen) atoms. The van der Waals surface area contributed by atoms with Gasteiger partial charge in [-0.05, 0) is 18.6 Å². The number of amides is 3. The van der Waals surface area contributed by atoms with Crippen LogP contribution >= 0.6 is 0 Å². The highest BCUT2D eigenvalue weighted by Gasteiger charge is 2.53. The minimum absolute atomic E-state index is 0.0987. The molecule has 1 spiro atoms. The summed E-state index contributed by atoms with van der Waals surface area (Å²) >= 11 is 0. The number of nitrogens with zero attached hydrogens (tertiary/aromatic N) is 2. The molecule has 3 heterocycles. The predicted octanol–water partition coefficient (Wildman–Crippen LogP) is -1.36. The molecule has 2 aliphatic heterocycles. The van der Waals surface area contributed by atoms with E-state index < -0.39 is 27.5 Å². The van der Waals surface area contributed by atoms with Crippen LogP contribution in [0.2, 0.25) is 0 Å². The summed E-state index contributed by atoms with van der Waals surface area (Å²) in [5.74, 6) is -0.609. The number of anilines is 1. The van der Waals surface area contributed by atoms with Gasteiger partial charge in [-0.2, -0.15) is 4.31 Å². The monoisotopic (exact) mass is 311 g/mol. The normalized spacial score (nSPS) is 26.1. The number of urea groups is 1. The van der Waals surface area contributed by atoms with E-state index in [1.807, 2.05) is 0 Å². The van der Waals surface area contributed by atoms with E-state index in [9.17, 15) is 18.0 Å². The highest BCUT2D eigenvalue weighted by Crippen LogP contribution is 2.30. The van der Waals surface area contributed by atoms with Gasteiger partial charge in [-0.25, -0.2) is 18.2 Å². The number of pyridine rings is 1. The smallest absolute Gasteiger partial charge is 0.322 e. The second kappa shape index (κ2) is 4.40.